The first-order chi connectivity index (χ1) is 18.1. The molecule has 0 heterocycles. The van der Waals surface area contributed by atoms with Gasteiger partial charge in [0.2, 0.25) is 17.7 Å². The summed E-state index contributed by atoms with van der Waals surface area (Å²) in [5.41, 5.74) is 10.7. The molecular weight excluding hydrogens is 615 g/mol. The maximum Gasteiger partial charge on any atom is 0.469 e. The van der Waals surface area contributed by atoms with Crippen LogP contribution in [0.1, 0.15) is 19.3 Å². The fourth-order valence-electron chi connectivity index (χ4n) is 2.54. The Morgan fingerprint density at radius 3 is 1.40 bits per heavy atom. The average Bonchev–Trinajstić information content (AvgIpc) is 2.79. The van der Waals surface area contributed by atoms with E-state index in [9.17, 15) is 38.0 Å². The molecule has 22 nitrogen and oxygen atoms in total. The molecular formula is C15H32N5O17P3. The Bertz CT molecular complexity index is 1010. The molecule has 14 N–H and O–H groups in total. The van der Waals surface area contributed by atoms with Gasteiger partial charge in [-0.25, -0.2) is 18.5 Å². The lowest BCUT2D eigenvalue weighted by atomic mass is 10.1. The van der Waals surface area contributed by atoms with Crippen LogP contribution < -0.4 is 27.4 Å². The summed E-state index contributed by atoms with van der Waals surface area (Å²) in [6.45, 7) is -3.38. The number of nitrogens with two attached hydrogens (primary N) is 2. The molecule has 0 fully saturated rings. The molecule has 0 aromatic carbocycles. The smallest absolute Gasteiger partial charge is 0.469 e. The SMILES string of the molecule is NCCCC[C@H](NC(=O)[C@H](COP(=O)(O)O)NC(=O)[C@H](COP(=O)(O)O)NC(=O)[C@@H](N)COP(=O)(O)O)C(=O)O. The minimum Gasteiger partial charge on any atom is -0.480 e. The molecule has 0 aromatic rings. The second-order valence-corrected chi connectivity index (χ2v) is 11.5. The molecule has 40 heavy (non-hydrogen) atoms. The predicted octanol–water partition coefficient (Wildman–Crippen LogP) is -4.69. The maximum atomic E-state index is 12.8. The zero-order chi connectivity index (χ0) is 31.3. The van der Waals surface area contributed by atoms with Gasteiger partial charge in [-0.15, -0.1) is 0 Å². The van der Waals surface area contributed by atoms with Gasteiger partial charge < -0.3 is 61.9 Å². The number of carbonyl (C=O) groups is 4. The van der Waals surface area contributed by atoms with Gasteiger partial charge >= 0.3 is 29.4 Å². The lowest BCUT2D eigenvalue weighted by molar-refractivity contribution is -0.142. The number of carboxylic acids is 1. The minimum atomic E-state index is -5.26. The molecule has 0 spiro atoms. The van der Waals surface area contributed by atoms with Gasteiger partial charge in [-0.3, -0.25) is 28.0 Å². The van der Waals surface area contributed by atoms with E-state index in [1.807, 2.05) is 16.0 Å². The predicted molar refractivity (Wildman–Crippen MR) is 128 cm³/mol. The van der Waals surface area contributed by atoms with E-state index in [4.69, 9.17) is 40.8 Å². The summed E-state index contributed by atoms with van der Waals surface area (Å²) in [6, 6.07) is -7.52. The van der Waals surface area contributed by atoms with Crippen LogP contribution in [0.15, 0.2) is 0 Å². The monoisotopic (exact) mass is 647 g/mol. The number of hydrogen-bond donors (Lipinski definition) is 12. The number of aliphatic carboxylic acids is 1. The van der Waals surface area contributed by atoms with Crippen LogP contribution in [-0.2, 0) is 46.4 Å². The summed E-state index contributed by atoms with van der Waals surface area (Å²) >= 11 is 0. The average molecular weight is 647 g/mol. The van der Waals surface area contributed by atoms with Gasteiger partial charge in [-0.05, 0) is 25.8 Å². The molecule has 0 aromatic heterocycles. The largest absolute Gasteiger partial charge is 0.480 e. The standard InChI is InChI=1S/C15H32N5O17P3/c16-4-2-1-3-9(15(24)25)18-13(22)11(7-37-40(32,33)34)20-14(23)10(6-36-39(29,30)31)19-12(21)8(17)5-35-38(26,27)28/h8-11H,1-7,16-17H2,(H,18,22)(H,19,21)(H,20,23)(H,24,25)(H2,26,27,28)(H2,29,30,31)(H2,32,33,34)/t8-,9-,10-,11-/m0/s1. The van der Waals surface area contributed by atoms with Crippen molar-refractivity contribution in [2.24, 2.45) is 11.5 Å². The Labute approximate surface area is 225 Å². The number of carboxylic acid groups (broad SMARTS) is 1. The summed E-state index contributed by atoms with van der Waals surface area (Å²) in [5, 5.41) is 15.0. The Morgan fingerprint density at radius 1 is 0.650 bits per heavy atom. The van der Waals surface area contributed by atoms with Gasteiger partial charge in [0, 0.05) is 0 Å². The van der Waals surface area contributed by atoms with Crippen molar-refractivity contribution in [2.45, 2.75) is 43.4 Å². The molecule has 4 atom stereocenters. The van der Waals surface area contributed by atoms with Crippen molar-refractivity contribution in [3.8, 4) is 0 Å². The molecule has 3 amide bonds. The van der Waals surface area contributed by atoms with Crippen LogP contribution in [-0.4, -0.2) is 109 Å². The molecule has 0 radical (unpaired) electrons. The number of phosphoric ester groups is 3. The highest BCUT2D eigenvalue weighted by atomic mass is 31.2. The van der Waals surface area contributed by atoms with Gasteiger partial charge in [0.1, 0.15) is 24.2 Å². The number of nitrogens with one attached hydrogen (secondary N) is 3. The zero-order valence-electron chi connectivity index (χ0n) is 20.5. The van der Waals surface area contributed by atoms with Gasteiger partial charge in [0.25, 0.3) is 0 Å². The second kappa shape index (κ2) is 17.2. The third-order valence-electron chi connectivity index (χ3n) is 4.41. The van der Waals surface area contributed by atoms with Gasteiger partial charge in [0.15, 0.2) is 0 Å². The molecule has 0 saturated carbocycles. The van der Waals surface area contributed by atoms with Gasteiger partial charge in [0.05, 0.1) is 19.8 Å². The molecule has 0 saturated heterocycles. The van der Waals surface area contributed by atoms with E-state index >= 15 is 0 Å². The highest BCUT2D eigenvalue weighted by Crippen LogP contribution is 2.37. The summed E-state index contributed by atoms with van der Waals surface area (Å²) < 4.78 is 45.4. The highest BCUT2D eigenvalue weighted by Gasteiger charge is 2.33. The molecule has 234 valence electrons. The fourth-order valence-corrected chi connectivity index (χ4v) is 3.58. The fraction of sp³-hybridized carbons (Fsp3) is 0.733. The summed E-state index contributed by atoms with van der Waals surface area (Å²) in [7, 11) is -15.6. The lowest BCUT2D eigenvalue weighted by Gasteiger charge is -2.25. The van der Waals surface area contributed by atoms with Crippen LogP contribution >= 0.6 is 23.5 Å². The van der Waals surface area contributed by atoms with E-state index in [1.54, 1.807) is 0 Å². The minimum absolute atomic E-state index is 0.123. The van der Waals surface area contributed by atoms with Crippen LogP contribution in [0.25, 0.3) is 0 Å². The molecule has 0 rings (SSSR count). The van der Waals surface area contributed by atoms with E-state index in [1.165, 1.54) is 0 Å². The highest BCUT2D eigenvalue weighted by molar-refractivity contribution is 7.46. The number of rotatable bonds is 20. The first-order valence-electron chi connectivity index (χ1n) is 10.8. The zero-order valence-corrected chi connectivity index (χ0v) is 23.2. The van der Waals surface area contributed by atoms with E-state index in [2.05, 4.69) is 13.6 Å². The summed E-state index contributed by atoms with van der Waals surface area (Å²) in [4.78, 5) is 102. The molecule has 0 unspecified atom stereocenters. The van der Waals surface area contributed by atoms with Gasteiger partial charge in [-0.2, -0.15) is 0 Å². The summed E-state index contributed by atoms with van der Waals surface area (Å²) in [5.74, 6) is -5.66. The third kappa shape index (κ3) is 18.5. The molecule has 25 heteroatoms. The molecule has 0 bridgehead atoms. The summed E-state index contributed by atoms with van der Waals surface area (Å²) in [6.07, 6.45) is 0.522. The number of hydrogen-bond acceptors (Lipinski definition) is 12. The first-order valence-corrected chi connectivity index (χ1v) is 15.4. The van der Waals surface area contributed by atoms with Crippen LogP contribution in [0.5, 0.6) is 0 Å². The second-order valence-electron chi connectivity index (χ2n) is 7.77. The first kappa shape index (κ1) is 38.1. The van der Waals surface area contributed by atoms with Gasteiger partial charge in [-0.1, -0.05) is 0 Å². The number of unbranched alkanes of at least 4 members (excludes halogenated alkanes) is 1. The van der Waals surface area contributed by atoms with E-state index in [0.717, 1.165) is 0 Å². The van der Waals surface area contributed by atoms with Crippen molar-refractivity contribution in [1.29, 1.82) is 0 Å². The van der Waals surface area contributed by atoms with Crippen molar-refractivity contribution in [1.82, 2.24) is 16.0 Å². The molecule has 0 aliphatic carbocycles. The van der Waals surface area contributed by atoms with Crippen molar-refractivity contribution < 1.29 is 80.9 Å². The molecule has 0 aliphatic rings. The Hall–Kier alpha value is -1.87. The van der Waals surface area contributed by atoms with Crippen LogP contribution in [0.2, 0.25) is 0 Å². The van der Waals surface area contributed by atoms with Crippen molar-refractivity contribution >= 4 is 47.2 Å². The Kier molecular flexibility index (Phi) is 16.4. The van der Waals surface area contributed by atoms with Crippen LogP contribution in [0.4, 0.5) is 0 Å². The number of phosphoric acid groups is 3. The third-order valence-corrected chi connectivity index (χ3v) is 5.86. The van der Waals surface area contributed by atoms with Crippen LogP contribution in [0, 0.1) is 0 Å². The maximum absolute atomic E-state index is 12.8. The normalized spacial score (nSPS) is 15.4. The number of carbonyl (C=O) groups excluding carboxylic acids is 3. The van der Waals surface area contributed by atoms with Crippen molar-refractivity contribution in [2.75, 3.05) is 26.4 Å². The number of amides is 3. The van der Waals surface area contributed by atoms with E-state index in [0.29, 0.717) is 6.42 Å². The van der Waals surface area contributed by atoms with Crippen molar-refractivity contribution in [3.05, 3.63) is 0 Å². The van der Waals surface area contributed by atoms with E-state index < -0.39 is 91.1 Å². The van der Waals surface area contributed by atoms with Crippen molar-refractivity contribution in [3.63, 3.8) is 0 Å². The van der Waals surface area contributed by atoms with E-state index in [-0.39, 0.29) is 19.4 Å². The van der Waals surface area contributed by atoms with Crippen LogP contribution in [0.3, 0.4) is 0 Å². The Morgan fingerprint density at radius 2 is 1.02 bits per heavy atom. The quantitative estimate of drug-likeness (QED) is 0.0436. The lowest BCUT2D eigenvalue weighted by Crippen LogP contribution is -2.59. The Balaban J connectivity index is 5.84. The molecule has 0 aliphatic heterocycles. The topological polar surface area (TPSA) is 377 Å².